The van der Waals surface area contributed by atoms with Crippen molar-refractivity contribution in [3.63, 3.8) is 0 Å². The Morgan fingerprint density at radius 1 is 1.32 bits per heavy atom. The molecule has 0 radical (unpaired) electrons. The van der Waals surface area contributed by atoms with Gasteiger partial charge in [0.05, 0.1) is 0 Å². The summed E-state index contributed by atoms with van der Waals surface area (Å²) in [6.45, 7) is 8.26. The highest BCUT2D eigenvalue weighted by Crippen LogP contribution is 2.10. The van der Waals surface area contributed by atoms with E-state index in [2.05, 4.69) is 37.0 Å². The largest absolute Gasteiger partial charge is 0.459 e. The number of carbonyl (C=O) groups is 1. The van der Waals surface area contributed by atoms with E-state index in [9.17, 15) is 4.79 Å². The Bertz CT molecular complexity index is 409. The van der Waals surface area contributed by atoms with E-state index in [1.165, 1.54) is 5.56 Å². The fourth-order valence-electron chi connectivity index (χ4n) is 1.54. The summed E-state index contributed by atoms with van der Waals surface area (Å²) in [6, 6.07) is 7.82. The number of hydrogen-bond acceptors (Lipinski definition) is 4. The van der Waals surface area contributed by atoms with Gasteiger partial charge in [0.25, 0.3) is 0 Å². The molecule has 3 nitrogen and oxygen atoms in total. The van der Waals surface area contributed by atoms with Gasteiger partial charge in [-0.2, -0.15) is 12.6 Å². The number of nitrogens with one attached hydrogen (secondary N) is 1. The lowest BCUT2D eigenvalue weighted by atomic mass is 10.1. The summed E-state index contributed by atoms with van der Waals surface area (Å²) in [5.74, 6) is 0.162. The number of carbonyl (C=O) groups excluding carboxylic acids is 1. The number of thiol groups is 1. The molecule has 0 unspecified atom stereocenters. The van der Waals surface area contributed by atoms with Gasteiger partial charge in [-0.05, 0) is 33.3 Å². The van der Waals surface area contributed by atoms with Crippen LogP contribution in [0.3, 0.4) is 0 Å². The van der Waals surface area contributed by atoms with E-state index in [1.54, 1.807) is 0 Å². The summed E-state index contributed by atoms with van der Waals surface area (Å²) >= 11 is 4.20. The molecule has 1 N–H and O–H groups in total. The molecule has 0 heterocycles. The second-order valence-electron chi connectivity index (χ2n) is 5.64. The van der Waals surface area contributed by atoms with Crippen molar-refractivity contribution in [2.75, 3.05) is 5.75 Å². The molecule has 0 spiro atoms. The van der Waals surface area contributed by atoms with Gasteiger partial charge in [-0.3, -0.25) is 10.1 Å². The Morgan fingerprint density at radius 2 is 1.89 bits per heavy atom. The van der Waals surface area contributed by atoms with Crippen molar-refractivity contribution < 1.29 is 9.53 Å². The first-order valence-corrected chi connectivity index (χ1v) is 7.08. The lowest BCUT2D eigenvalue weighted by Crippen LogP contribution is -2.42. The highest BCUT2D eigenvalue weighted by atomic mass is 32.1. The molecular formula is C15H23NO2S. The van der Waals surface area contributed by atoms with E-state index < -0.39 is 5.60 Å². The molecule has 0 aliphatic heterocycles. The second kappa shape index (κ2) is 6.96. The fraction of sp³-hybridized carbons (Fsp3) is 0.533. The van der Waals surface area contributed by atoms with Gasteiger partial charge in [0.2, 0.25) is 0 Å². The minimum absolute atomic E-state index is 0.255. The first-order valence-electron chi connectivity index (χ1n) is 6.44. The van der Waals surface area contributed by atoms with Gasteiger partial charge < -0.3 is 4.74 Å². The van der Waals surface area contributed by atoms with Crippen molar-refractivity contribution in [3.8, 4) is 0 Å². The number of esters is 1. The van der Waals surface area contributed by atoms with Gasteiger partial charge in [-0.15, -0.1) is 0 Å². The Kier molecular flexibility index (Phi) is 5.88. The maximum atomic E-state index is 11.9. The zero-order valence-corrected chi connectivity index (χ0v) is 13.0. The maximum absolute atomic E-state index is 11.9. The van der Waals surface area contributed by atoms with Crippen LogP contribution in [0, 0.1) is 6.92 Å². The highest BCUT2D eigenvalue weighted by molar-refractivity contribution is 7.80. The van der Waals surface area contributed by atoms with Crippen molar-refractivity contribution in [2.24, 2.45) is 0 Å². The summed E-state index contributed by atoms with van der Waals surface area (Å²) in [6.07, 6.45) is 0. The fourth-order valence-corrected chi connectivity index (χ4v) is 1.82. The van der Waals surface area contributed by atoms with Crippen molar-refractivity contribution in [3.05, 3.63) is 35.4 Å². The SMILES string of the molecule is Cc1ccc(CN[C@H](CS)C(=O)OC(C)(C)C)cc1. The van der Waals surface area contributed by atoms with Crippen LogP contribution >= 0.6 is 12.6 Å². The molecule has 0 aliphatic carbocycles. The predicted molar refractivity (Wildman–Crippen MR) is 81.5 cm³/mol. The quantitative estimate of drug-likeness (QED) is 0.644. The molecular weight excluding hydrogens is 258 g/mol. The monoisotopic (exact) mass is 281 g/mol. The average Bonchev–Trinajstić information content (AvgIpc) is 2.30. The number of rotatable bonds is 5. The summed E-state index contributed by atoms with van der Waals surface area (Å²) in [5.41, 5.74) is 1.90. The van der Waals surface area contributed by atoms with Crippen molar-refractivity contribution in [1.82, 2.24) is 5.32 Å². The summed E-state index contributed by atoms with van der Waals surface area (Å²) in [5, 5.41) is 3.18. The van der Waals surface area contributed by atoms with Crippen LogP contribution in [0.5, 0.6) is 0 Å². The third-order valence-corrected chi connectivity index (χ3v) is 2.91. The molecule has 1 aromatic rings. The Labute approximate surface area is 121 Å². The van der Waals surface area contributed by atoms with Gasteiger partial charge in [-0.25, -0.2) is 0 Å². The lowest BCUT2D eigenvalue weighted by Gasteiger charge is -2.23. The van der Waals surface area contributed by atoms with Gasteiger partial charge in [-0.1, -0.05) is 29.8 Å². The van der Waals surface area contributed by atoms with Crippen LogP contribution < -0.4 is 5.32 Å². The van der Waals surface area contributed by atoms with Gasteiger partial charge in [0, 0.05) is 12.3 Å². The van der Waals surface area contributed by atoms with Gasteiger partial charge in [0.1, 0.15) is 11.6 Å². The van der Waals surface area contributed by atoms with Crippen LogP contribution in [0.1, 0.15) is 31.9 Å². The third-order valence-electron chi connectivity index (χ3n) is 2.55. The first-order chi connectivity index (χ1) is 8.81. The van der Waals surface area contributed by atoms with Crippen LogP contribution in [0.15, 0.2) is 24.3 Å². The van der Waals surface area contributed by atoms with Crippen LogP contribution in [0.2, 0.25) is 0 Å². The van der Waals surface area contributed by atoms with Crippen LogP contribution in [-0.2, 0) is 16.1 Å². The molecule has 0 bridgehead atoms. The summed E-state index contributed by atoms with van der Waals surface area (Å²) in [4.78, 5) is 11.9. The van der Waals surface area contributed by atoms with Crippen LogP contribution in [0.25, 0.3) is 0 Å². The number of hydrogen-bond donors (Lipinski definition) is 2. The molecule has 0 fully saturated rings. The molecule has 19 heavy (non-hydrogen) atoms. The zero-order valence-electron chi connectivity index (χ0n) is 12.1. The third kappa shape index (κ3) is 6.12. The molecule has 0 saturated carbocycles. The van der Waals surface area contributed by atoms with Gasteiger partial charge >= 0.3 is 5.97 Å². The Balaban J connectivity index is 2.53. The van der Waals surface area contributed by atoms with Crippen molar-refractivity contribution in [2.45, 2.75) is 45.9 Å². The Hall–Kier alpha value is -1.00. The number of aryl methyl sites for hydroxylation is 1. The Morgan fingerprint density at radius 3 is 2.37 bits per heavy atom. The van der Waals surface area contributed by atoms with Gasteiger partial charge in [0.15, 0.2) is 0 Å². The van der Waals surface area contributed by atoms with Crippen molar-refractivity contribution in [1.29, 1.82) is 0 Å². The smallest absolute Gasteiger partial charge is 0.324 e. The minimum Gasteiger partial charge on any atom is -0.459 e. The van der Waals surface area contributed by atoms with E-state index in [0.29, 0.717) is 12.3 Å². The minimum atomic E-state index is -0.468. The molecule has 4 heteroatoms. The summed E-state index contributed by atoms with van der Waals surface area (Å²) in [7, 11) is 0. The lowest BCUT2D eigenvalue weighted by molar-refractivity contribution is -0.156. The topological polar surface area (TPSA) is 38.3 Å². The van der Waals surface area contributed by atoms with E-state index in [-0.39, 0.29) is 12.0 Å². The first kappa shape index (κ1) is 16.1. The normalized spacial score (nSPS) is 13.1. The molecule has 106 valence electrons. The number of benzene rings is 1. The van der Waals surface area contributed by atoms with E-state index >= 15 is 0 Å². The van der Waals surface area contributed by atoms with E-state index in [0.717, 1.165) is 5.56 Å². The predicted octanol–water partition coefficient (Wildman–Crippen LogP) is 2.72. The van der Waals surface area contributed by atoms with Crippen molar-refractivity contribution >= 4 is 18.6 Å². The molecule has 0 aromatic heterocycles. The average molecular weight is 281 g/mol. The van der Waals surface area contributed by atoms with Crippen LogP contribution in [-0.4, -0.2) is 23.4 Å². The molecule has 1 rings (SSSR count). The van der Waals surface area contributed by atoms with E-state index in [4.69, 9.17) is 4.74 Å². The molecule has 1 aromatic carbocycles. The standard InChI is InChI=1S/C15H23NO2S/c1-11-5-7-12(8-6-11)9-16-13(10-19)14(17)18-15(2,3)4/h5-8,13,16,19H,9-10H2,1-4H3/t13-/m1/s1. The van der Waals surface area contributed by atoms with E-state index in [1.807, 2.05) is 32.9 Å². The molecule has 1 atom stereocenters. The number of ether oxygens (including phenoxy) is 1. The highest BCUT2D eigenvalue weighted by Gasteiger charge is 2.23. The van der Waals surface area contributed by atoms with Crippen LogP contribution in [0.4, 0.5) is 0 Å². The second-order valence-corrected chi connectivity index (χ2v) is 6.00. The summed E-state index contributed by atoms with van der Waals surface area (Å²) < 4.78 is 5.35. The maximum Gasteiger partial charge on any atom is 0.324 e. The molecule has 0 aliphatic rings. The molecule has 0 amide bonds. The molecule has 0 saturated heterocycles. The zero-order chi connectivity index (χ0) is 14.5.